The van der Waals surface area contributed by atoms with Gasteiger partial charge in [-0.3, -0.25) is 4.99 Å². The molecule has 0 aliphatic heterocycles. The molecule has 0 aliphatic carbocycles. The van der Waals surface area contributed by atoms with Crippen molar-refractivity contribution >= 4 is 16.7 Å². The lowest BCUT2D eigenvalue weighted by molar-refractivity contribution is 0.326. The van der Waals surface area contributed by atoms with Gasteiger partial charge in [-0.25, -0.2) is 0 Å². The highest BCUT2D eigenvalue weighted by Crippen LogP contribution is 2.24. The molecule has 20 heavy (non-hydrogen) atoms. The Bertz CT molecular complexity index is 575. The Morgan fingerprint density at radius 3 is 2.85 bits per heavy atom. The summed E-state index contributed by atoms with van der Waals surface area (Å²) in [5, 5.41) is 5.35. The van der Waals surface area contributed by atoms with Gasteiger partial charge in [-0.2, -0.15) is 0 Å². The van der Waals surface area contributed by atoms with E-state index >= 15 is 0 Å². The van der Waals surface area contributed by atoms with Gasteiger partial charge in [0.05, 0.1) is 6.54 Å². The number of benzene rings is 2. The quantitative estimate of drug-likeness (QED) is 0.482. The molecule has 0 radical (unpaired) electrons. The molecule has 4 heteroatoms. The highest BCUT2D eigenvalue weighted by atomic mass is 16.5. The van der Waals surface area contributed by atoms with Gasteiger partial charge < -0.3 is 15.8 Å². The zero-order valence-electron chi connectivity index (χ0n) is 11.8. The van der Waals surface area contributed by atoms with Crippen molar-refractivity contribution in [1.29, 1.82) is 0 Å². The molecule has 0 saturated carbocycles. The van der Waals surface area contributed by atoms with Gasteiger partial charge in [0.1, 0.15) is 12.4 Å². The molecule has 0 unspecified atom stereocenters. The van der Waals surface area contributed by atoms with Crippen LogP contribution in [-0.4, -0.2) is 25.7 Å². The smallest absolute Gasteiger partial charge is 0.188 e. The van der Waals surface area contributed by atoms with Gasteiger partial charge in [-0.05, 0) is 17.9 Å². The summed E-state index contributed by atoms with van der Waals surface area (Å²) in [6.07, 6.45) is 0.995. The standard InChI is InChI=1S/C16H21N3O/c1-2-10-18-16(17)19-11-12-20-15-9-5-7-13-6-3-4-8-14(13)15/h3-9H,2,10-12H2,1H3,(H3,17,18,19). The summed E-state index contributed by atoms with van der Waals surface area (Å²) in [5.41, 5.74) is 5.71. The summed E-state index contributed by atoms with van der Waals surface area (Å²) >= 11 is 0. The maximum Gasteiger partial charge on any atom is 0.188 e. The number of hydrogen-bond acceptors (Lipinski definition) is 2. The highest BCUT2D eigenvalue weighted by Gasteiger charge is 2.00. The third-order valence-electron chi connectivity index (χ3n) is 2.92. The SMILES string of the molecule is CCCN=C(N)NCCOc1cccc2ccccc12. The maximum atomic E-state index is 5.80. The minimum atomic E-state index is 0.480. The van der Waals surface area contributed by atoms with Crippen molar-refractivity contribution in [2.24, 2.45) is 10.7 Å². The van der Waals surface area contributed by atoms with Crippen LogP contribution in [0.2, 0.25) is 0 Å². The second-order valence-corrected chi connectivity index (χ2v) is 4.52. The van der Waals surface area contributed by atoms with E-state index in [1.165, 1.54) is 5.39 Å². The fraction of sp³-hybridized carbons (Fsp3) is 0.312. The number of rotatable bonds is 6. The maximum absolute atomic E-state index is 5.80. The average molecular weight is 271 g/mol. The fourth-order valence-corrected chi connectivity index (χ4v) is 1.95. The van der Waals surface area contributed by atoms with Crippen LogP contribution in [0.1, 0.15) is 13.3 Å². The van der Waals surface area contributed by atoms with E-state index in [0.717, 1.165) is 24.1 Å². The average Bonchev–Trinajstić information content (AvgIpc) is 2.49. The summed E-state index contributed by atoms with van der Waals surface area (Å²) in [6, 6.07) is 14.3. The molecule has 106 valence electrons. The van der Waals surface area contributed by atoms with E-state index in [2.05, 4.69) is 35.4 Å². The lowest BCUT2D eigenvalue weighted by Crippen LogP contribution is -2.34. The summed E-state index contributed by atoms with van der Waals surface area (Å²) < 4.78 is 5.80. The van der Waals surface area contributed by atoms with Crippen LogP contribution in [0.15, 0.2) is 47.5 Å². The lowest BCUT2D eigenvalue weighted by atomic mass is 10.1. The normalized spacial score (nSPS) is 11.6. The van der Waals surface area contributed by atoms with E-state index in [1.807, 2.05) is 24.3 Å². The molecule has 3 N–H and O–H groups in total. The summed E-state index contributed by atoms with van der Waals surface area (Å²) in [5.74, 6) is 1.38. The zero-order valence-corrected chi connectivity index (χ0v) is 11.8. The van der Waals surface area contributed by atoms with E-state index in [9.17, 15) is 0 Å². The molecule has 0 heterocycles. The summed E-state index contributed by atoms with van der Waals surface area (Å²) in [7, 11) is 0. The van der Waals surface area contributed by atoms with E-state index in [4.69, 9.17) is 10.5 Å². The van der Waals surface area contributed by atoms with Crippen molar-refractivity contribution in [3.8, 4) is 5.75 Å². The first-order valence-corrected chi connectivity index (χ1v) is 6.95. The molecule has 0 fully saturated rings. The van der Waals surface area contributed by atoms with Crippen LogP contribution in [0.4, 0.5) is 0 Å². The molecule has 2 aromatic rings. The monoisotopic (exact) mass is 271 g/mol. The third kappa shape index (κ3) is 3.88. The number of aliphatic imine (C=N–C) groups is 1. The van der Waals surface area contributed by atoms with Gasteiger partial charge in [0.25, 0.3) is 0 Å². The number of fused-ring (bicyclic) bond motifs is 1. The van der Waals surface area contributed by atoms with Crippen molar-refractivity contribution in [2.45, 2.75) is 13.3 Å². The third-order valence-corrected chi connectivity index (χ3v) is 2.92. The molecule has 4 nitrogen and oxygen atoms in total. The summed E-state index contributed by atoms with van der Waals surface area (Å²) in [6.45, 7) is 4.02. The molecule has 0 saturated heterocycles. The first-order valence-electron chi connectivity index (χ1n) is 6.95. The number of nitrogens with one attached hydrogen (secondary N) is 1. The first kappa shape index (κ1) is 14.2. The fourth-order valence-electron chi connectivity index (χ4n) is 1.95. The molecule has 0 bridgehead atoms. The number of nitrogens with two attached hydrogens (primary N) is 1. The number of hydrogen-bond donors (Lipinski definition) is 2. The van der Waals surface area contributed by atoms with Crippen LogP contribution in [0.5, 0.6) is 5.75 Å². The number of ether oxygens (including phenoxy) is 1. The molecule has 2 aromatic carbocycles. The van der Waals surface area contributed by atoms with Crippen molar-refractivity contribution < 1.29 is 4.74 Å². The van der Waals surface area contributed by atoms with Crippen LogP contribution < -0.4 is 15.8 Å². The second-order valence-electron chi connectivity index (χ2n) is 4.52. The van der Waals surface area contributed by atoms with Gasteiger partial charge >= 0.3 is 0 Å². The molecular weight excluding hydrogens is 250 g/mol. The molecule has 2 rings (SSSR count). The molecule has 0 aliphatic rings. The van der Waals surface area contributed by atoms with Gasteiger partial charge in [-0.15, -0.1) is 0 Å². The molecule has 0 atom stereocenters. The minimum absolute atomic E-state index is 0.480. The lowest BCUT2D eigenvalue weighted by Gasteiger charge is -2.10. The van der Waals surface area contributed by atoms with Gasteiger partial charge in [0.15, 0.2) is 5.96 Å². The van der Waals surface area contributed by atoms with Crippen molar-refractivity contribution in [3.05, 3.63) is 42.5 Å². The first-order chi connectivity index (χ1) is 9.81. The van der Waals surface area contributed by atoms with Gasteiger partial charge in [0, 0.05) is 11.9 Å². The van der Waals surface area contributed by atoms with Crippen LogP contribution in [0.25, 0.3) is 10.8 Å². The van der Waals surface area contributed by atoms with Crippen LogP contribution in [0.3, 0.4) is 0 Å². The van der Waals surface area contributed by atoms with Crippen molar-refractivity contribution in [2.75, 3.05) is 19.7 Å². The Morgan fingerprint density at radius 2 is 2.00 bits per heavy atom. The molecule has 0 aromatic heterocycles. The van der Waals surface area contributed by atoms with Gasteiger partial charge in [0.2, 0.25) is 0 Å². The highest BCUT2D eigenvalue weighted by molar-refractivity contribution is 5.88. The molecule has 0 amide bonds. The molecule has 0 spiro atoms. The Balaban J connectivity index is 1.87. The predicted molar refractivity (Wildman–Crippen MR) is 84.2 cm³/mol. The van der Waals surface area contributed by atoms with Crippen LogP contribution >= 0.6 is 0 Å². The second kappa shape index (κ2) is 7.38. The van der Waals surface area contributed by atoms with Crippen LogP contribution in [-0.2, 0) is 0 Å². The topological polar surface area (TPSA) is 59.6 Å². The van der Waals surface area contributed by atoms with E-state index in [1.54, 1.807) is 0 Å². The van der Waals surface area contributed by atoms with E-state index < -0.39 is 0 Å². The van der Waals surface area contributed by atoms with Crippen LogP contribution in [0, 0.1) is 0 Å². The minimum Gasteiger partial charge on any atom is -0.491 e. The zero-order chi connectivity index (χ0) is 14.2. The van der Waals surface area contributed by atoms with Crippen molar-refractivity contribution in [1.82, 2.24) is 5.32 Å². The Hall–Kier alpha value is -2.23. The van der Waals surface area contributed by atoms with E-state index in [0.29, 0.717) is 19.1 Å². The predicted octanol–water partition coefficient (Wildman–Crippen LogP) is 2.53. The molecular formula is C16H21N3O. The van der Waals surface area contributed by atoms with Gasteiger partial charge in [-0.1, -0.05) is 43.3 Å². The Labute approximate surface area is 119 Å². The summed E-state index contributed by atoms with van der Waals surface area (Å²) in [4.78, 5) is 4.16. The number of guanidine groups is 1. The van der Waals surface area contributed by atoms with Crippen molar-refractivity contribution in [3.63, 3.8) is 0 Å². The van der Waals surface area contributed by atoms with E-state index in [-0.39, 0.29) is 0 Å². The Kier molecular flexibility index (Phi) is 5.24. The number of nitrogens with zero attached hydrogens (tertiary/aromatic N) is 1. The Morgan fingerprint density at radius 1 is 1.20 bits per heavy atom. The largest absolute Gasteiger partial charge is 0.491 e.